The van der Waals surface area contributed by atoms with Gasteiger partial charge in [0.1, 0.15) is 13.1 Å². The number of esters is 2. The topological polar surface area (TPSA) is 111 Å². The molecule has 0 aromatic carbocycles. The van der Waals surface area contributed by atoms with Crippen LogP contribution in [-0.4, -0.2) is 49.1 Å². The maximum Gasteiger partial charge on any atom is 0.325 e. The Morgan fingerprint density at radius 2 is 1.05 bits per heavy atom. The lowest BCUT2D eigenvalue weighted by Gasteiger charge is -2.10. The van der Waals surface area contributed by atoms with E-state index in [0.717, 1.165) is 0 Å². The van der Waals surface area contributed by atoms with E-state index >= 15 is 0 Å². The lowest BCUT2D eigenvalue weighted by molar-refractivity contribution is -0.150. The molecule has 0 bridgehead atoms. The van der Waals surface area contributed by atoms with Gasteiger partial charge in [-0.1, -0.05) is 0 Å². The van der Waals surface area contributed by atoms with E-state index in [1.165, 1.54) is 0 Å². The van der Waals surface area contributed by atoms with E-state index in [0.29, 0.717) is 0 Å². The monoisotopic (exact) mass is 288 g/mol. The van der Waals surface area contributed by atoms with Gasteiger partial charge < -0.3 is 20.1 Å². The third-order valence-electron chi connectivity index (χ3n) is 1.73. The zero-order valence-corrected chi connectivity index (χ0v) is 12.0. The predicted octanol–water partition coefficient (Wildman–Crippen LogP) is -0.878. The second kappa shape index (κ2) is 8.89. The first-order valence-electron chi connectivity index (χ1n) is 6.17. The fourth-order valence-corrected chi connectivity index (χ4v) is 1.07. The molecule has 0 saturated carbocycles. The molecule has 114 valence electrons. The molecule has 0 aliphatic rings. The summed E-state index contributed by atoms with van der Waals surface area (Å²) in [6, 6.07) is 0. The van der Waals surface area contributed by atoms with Gasteiger partial charge in [0.05, 0.1) is 12.2 Å². The minimum Gasteiger partial charge on any atom is -0.462 e. The molecule has 0 aromatic heterocycles. The number of carbonyl (C=O) groups excluding carboxylic acids is 4. The van der Waals surface area contributed by atoms with Crippen molar-refractivity contribution >= 4 is 23.8 Å². The molecule has 20 heavy (non-hydrogen) atoms. The van der Waals surface area contributed by atoms with Crippen molar-refractivity contribution < 1.29 is 28.7 Å². The third kappa shape index (κ3) is 8.90. The lowest BCUT2D eigenvalue weighted by Crippen LogP contribution is -2.44. The molecule has 8 heteroatoms. The molecule has 0 atom stereocenters. The summed E-state index contributed by atoms with van der Waals surface area (Å²) in [6.07, 6.45) is -0.613. The van der Waals surface area contributed by atoms with Crippen molar-refractivity contribution in [1.82, 2.24) is 10.6 Å². The molecular weight excluding hydrogens is 268 g/mol. The van der Waals surface area contributed by atoms with Crippen LogP contribution in [0.25, 0.3) is 0 Å². The summed E-state index contributed by atoms with van der Waals surface area (Å²) in [7, 11) is 0. The molecule has 8 nitrogen and oxygen atoms in total. The van der Waals surface area contributed by atoms with Gasteiger partial charge in [0.15, 0.2) is 0 Å². The van der Waals surface area contributed by atoms with E-state index in [2.05, 4.69) is 10.6 Å². The van der Waals surface area contributed by atoms with Crippen molar-refractivity contribution in [2.75, 3.05) is 13.1 Å². The van der Waals surface area contributed by atoms with Crippen molar-refractivity contribution in [3.8, 4) is 0 Å². The summed E-state index contributed by atoms with van der Waals surface area (Å²) in [5, 5.41) is 4.15. The van der Waals surface area contributed by atoms with Crippen LogP contribution in [-0.2, 0) is 28.7 Å². The number of hydrogen-bond donors (Lipinski definition) is 2. The van der Waals surface area contributed by atoms with E-state index in [1.807, 2.05) is 0 Å². The number of amides is 2. The molecule has 2 N–H and O–H groups in total. The van der Waals surface area contributed by atoms with Crippen LogP contribution in [0.2, 0.25) is 0 Å². The zero-order valence-electron chi connectivity index (χ0n) is 12.0. The molecule has 0 fully saturated rings. The Balaban J connectivity index is 3.96. The Bertz CT molecular complexity index is 342. The highest BCUT2D eigenvalue weighted by atomic mass is 16.5. The van der Waals surface area contributed by atoms with Gasteiger partial charge in [0.25, 0.3) is 0 Å². The van der Waals surface area contributed by atoms with Gasteiger partial charge in [-0.25, -0.2) is 0 Å². The van der Waals surface area contributed by atoms with Gasteiger partial charge in [-0.15, -0.1) is 0 Å². The molecule has 0 saturated heterocycles. The summed E-state index contributed by atoms with van der Waals surface area (Å²) < 4.78 is 9.53. The number of hydrogen-bond acceptors (Lipinski definition) is 6. The Morgan fingerprint density at radius 3 is 1.30 bits per heavy atom. The SMILES string of the molecule is CC(C)OC(=O)CNC(=O)C(=O)NCC(=O)OC(C)C. The average molecular weight is 288 g/mol. The predicted molar refractivity (Wildman–Crippen MR) is 68.5 cm³/mol. The molecule has 0 rings (SSSR count). The second-order valence-corrected chi connectivity index (χ2v) is 4.44. The van der Waals surface area contributed by atoms with Crippen molar-refractivity contribution in [1.29, 1.82) is 0 Å². The van der Waals surface area contributed by atoms with Gasteiger partial charge in [-0.2, -0.15) is 0 Å². The minimum atomic E-state index is -1.02. The summed E-state index contributed by atoms with van der Waals surface area (Å²) in [6.45, 7) is 5.81. The standard InChI is InChI=1S/C12H20N2O6/c1-7(2)19-9(15)5-13-11(17)12(18)14-6-10(16)20-8(3)4/h7-8H,5-6H2,1-4H3,(H,13,17)(H,14,18). The second-order valence-electron chi connectivity index (χ2n) is 4.44. The number of rotatable bonds is 6. The van der Waals surface area contributed by atoms with E-state index < -0.39 is 36.8 Å². The molecule has 0 aromatic rings. The van der Waals surface area contributed by atoms with Crippen molar-refractivity contribution in [2.24, 2.45) is 0 Å². The van der Waals surface area contributed by atoms with Crippen LogP contribution in [0, 0.1) is 0 Å². The quantitative estimate of drug-likeness (QED) is 0.485. The van der Waals surface area contributed by atoms with Gasteiger partial charge >= 0.3 is 23.8 Å². The summed E-state index contributed by atoms with van der Waals surface area (Å²) in [4.78, 5) is 44.8. The number of ether oxygens (including phenoxy) is 2. The molecule has 0 spiro atoms. The highest BCUT2D eigenvalue weighted by Crippen LogP contribution is 1.88. The van der Waals surface area contributed by atoms with Crippen LogP contribution in [0.3, 0.4) is 0 Å². The molecule has 0 heterocycles. The first-order chi connectivity index (χ1) is 9.22. The van der Waals surface area contributed by atoms with Crippen LogP contribution in [0.5, 0.6) is 0 Å². The first-order valence-corrected chi connectivity index (χ1v) is 6.17. The molecule has 0 aliphatic carbocycles. The van der Waals surface area contributed by atoms with Crippen LogP contribution in [0.4, 0.5) is 0 Å². The van der Waals surface area contributed by atoms with E-state index in [4.69, 9.17) is 9.47 Å². The molecule has 0 unspecified atom stereocenters. The summed E-state index contributed by atoms with van der Waals surface area (Å²) in [5.74, 6) is -3.35. The Hall–Kier alpha value is -2.12. The van der Waals surface area contributed by atoms with Gasteiger partial charge in [0, 0.05) is 0 Å². The Kier molecular flexibility index (Phi) is 7.95. The highest BCUT2D eigenvalue weighted by molar-refractivity contribution is 6.35. The summed E-state index contributed by atoms with van der Waals surface area (Å²) >= 11 is 0. The van der Waals surface area contributed by atoms with Gasteiger partial charge in [-0.3, -0.25) is 19.2 Å². The van der Waals surface area contributed by atoms with Crippen LogP contribution >= 0.6 is 0 Å². The minimum absolute atomic E-state index is 0.306. The van der Waals surface area contributed by atoms with Crippen LogP contribution in [0.1, 0.15) is 27.7 Å². The highest BCUT2D eigenvalue weighted by Gasteiger charge is 2.17. The van der Waals surface area contributed by atoms with E-state index in [9.17, 15) is 19.2 Å². The van der Waals surface area contributed by atoms with Gasteiger partial charge in [0.2, 0.25) is 0 Å². The zero-order chi connectivity index (χ0) is 15.7. The summed E-state index contributed by atoms with van der Waals surface area (Å²) in [5.41, 5.74) is 0. The van der Waals surface area contributed by atoms with E-state index in [-0.39, 0.29) is 12.2 Å². The smallest absolute Gasteiger partial charge is 0.325 e. The van der Waals surface area contributed by atoms with Crippen LogP contribution < -0.4 is 10.6 Å². The Morgan fingerprint density at radius 1 is 0.750 bits per heavy atom. The Labute approximate surface area is 117 Å². The normalized spacial score (nSPS) is 10.1. The largest absolute Gasteiger partial charge is 0.462 e. The van der Waals surface area contributed by atoms with E-state index in [1.54, 1.807) is 27.7 Å². The molecular formula is C12H20N2O6. The van der Waals surface area contributed by atoms with Crippen molar-refractivity contribution in [3.63, 3.8) is 0 Å². The van der Waals surface area contributed by atoms with Gasteiger partial charge in [-0.05, 0) is 27.7 Å². The maximum atomic E-state index is 11.3. The van der Waals surface area contributed by atoms with Crippen molar-refractivity contribution in [3.05, 3.63) is 0 Å². The van der Waals surface area contributed by atoms with Crippen LogP contribution in [0.15, 0.2) is 0 Å². The molecule has 0 aliphatic heterocycles. The fraction of sp³-hybridized carbons (Fsp3) is 0.667. The molecule has 0 radical (unpaired) electrons. The van der Waals surface area contributed by atoms with Crippen molar-refractivity contribution in [2.45, 2.75) is 39.9 Å². The molecule has 2 amide bonds. The number of nitrogens with one attached hydrogen (secondary N) is 2. The first kappa shape index (κ1) is 17.9. The number of carbonyl (C=O) groups is 4. The lowest BCUT2D eigenvalue weighted by atomic mass is 10.4. The maximum absolute atomic E-state index is 11.3. The fourth-order valence-electron chi connectivity index (χ4n) is 1.07. The third-order valence-corrected chi connectivity index (χ3v) is 1.73. The average Bonchev–Trinajstić information content (AvgIpc) is 2.31.